The number of rotatable bonds is 7. The molecule has 5 N–H and O–H groups in total. The Balaban J connectivity index is 2.65. The van der Waals surface area contributed by atoms with Crippen molar-refractivity contribution in [1.29, 1.82) is 0 Å². The molecule has 1 aromatic rings. The summed E-state index contributed by atoms with van der Waals surface area (Å²) >= 11 is 8.83. The van der Waals surface area contributed by atoms with Gasteiger partial charge in [-0.05, 0) is 30.4 Å². The second kappa shape index (κ2) is 8.96. The number of thiocarbonyl (C=S) groups is 1. The van der Waals surface area contributed by atoms with E-state index in [9.17, 15) is 14.4 Å². The van der Waals surface area contributed by atoms with E-state index in [1.807, 2.05) is 0 Å². The molecular formula is C13H15N3O5S2. The molecule has 8 nitrogen and oxygen atoms in total. The number of hydrogen-bond donors (Lipinski definition) is 6. The quantitative estimate of drug-likeness (QED) is 0.235. The maximum atomic E-state index is 11.0. The van der Waals surface area contributed by atoms with Gasteiger partial charge in [-0.25, -0.2) is 9.59 Å². The maximum Gasteiger partial charge on any atom is 0.335 e. The predicted molar refractivity (Wildman–Crippen MR) is 91.4 cm³/mol. The molecule has 1 rings (SSSR count). The summed E-state index contributed by atoms with van der Waals surface area (Å²) in [5, 5.41) is 26.2. The van der Waals surface area contributed by atoms with Crippen LogP contribution >= 0.6 is 24.8 Å². The number of hydrogen-bond acceptors (Lipinski definition) is 5. The van der Waals surface area contributed by atoms with E-state index in [4.69, 9.17) is 22.4 Å². The number of benzene rings is 1. The van der Waals surface area contributed by atoms with Gasteiger partial charge in [0.15, 0.2) is 5.11 Å². The molecule has 0 unspecified atom stereocenters. The van der Waals surface area contributed by atoms with E-state index < -0.39 is 11.9 Å². The predicted octanol–water partition coefficient (Wildman–Crippen LogP) is 0.415. The standard InChI is InChI=1S/C13H15N3O5S2/c17-10(6-22)14-1-2-15-13(23)16-9-4-7(11(18)19)3-8(5-9)12(20)21/h3-5,22H,1-2,6H2,(H,14,17)(H,18,19)(H,20,21)(H2,15,16,23). The van der Waals surface area contributed by atoms with Crippen LogP contribution < -0.4 is 16.0 Å². The molecule has 1 amide bonds. The Morgan fingerprint density at radius 1 is 1.00 bits per heavy atom. The van der Waals surface area contributed by atoms with Gasteiger partial charge in [0.05, 0.1) is 16.9 Å². The van der Waals surface area contributed by atoms with Gasteiger partial charge in [-0.1, -0.05) is 0 Å². The van der Waals surface area contributed by atoms with E-state index in [0.29, 0.717) is 13.1 Å². The van der Waals surface area contributed by atoms with Gasteiger partial charge in [-0.15, -0.1) is 0 Å². The Bertz CT molecular complexity index is 604. The van der Waals surface area contributed by atoms with Crippen molar-refractivity contribution in [1.82, 2.24) is 10.6 Å². The zero-order valence-electron chi connectivity index (χ0n) is 11.8. The van der Waals surface area contributed by atoms with Crippen LogP contribution in [0.25, 0.3) is 0 Å². The van der Waals surface area contributed by atoms with Crippen LogP contribution in [0.15, 0.2) is 18.2 Å². The highest BCUT2D eigenvalue weighted by Crippen LogP contribution is 2.15. The van der Waals surface area contributed by atoms with Crippen molar-refractivity contribution in [3.05, 3.63) is 29.3 Å². The van der Waals surface area contributed by atoms with Crippen LogP contribution in [-0.4, -0.2) is 52.0 Å². The van der Waals surface area contributed by atoms with E-state index in [2.05, 4.69) is 28.6 Å². The third kappa shape index (κ3) is 6.53. The summed E-state index contributed by atoms with van der Waals surface area (Å²) in [5.74, 6) is -2.62. The summed E-state index contributed by atoms with van der Waals surface area (Å²) in [4.78, 5) is 33.0. The van der Waals surface area contributed by atoms with Crippen LogP contribution in [0.4, 0.5) is 5.69 Å². The molecule has 0 bridgehead atoms. The lowest BCUT2D eigenvalue weighted by molar-refractivity contribution is -0.118. The Morgan fingerprint density at radius 2 is 1.52 bits per heavy atom. The zero-order valence-corrected chi connectivity index (χ0v) is 13.5. The Labute approximate surface area is 142 Å². The highest BCUT2D eigenvalue weighted by Gasteiger charge is 2.12. The number of anilines is 1. The fourth-order valence-corrected chi connectivity index (χ4v) is 1.89. The highest BCUT2D eigenvalue weighted by atomic mass is 32.1. The normalized spacial score (nSPS) is 9.78. The van der Waals surface area contributed by atoms with Crippen LogP contribution in [-0.2, 0) is 4.79 Å². The molecule has 0 saturated carbocycles. The van der Waals surface area contributed by atoms with E-state index in [0.717, 1.165) is 6.07 Å². The minimum absolute atomic E-state index is 0.0860. The first kappa shape index (κ1) is 18.7. The minimum atomic E-state index is -1.25. The van der Waals surface area contributed by atoms with Crippen molar-refractivity contribution >= 4 is 53.5 Å². The lowest BCUT2D eigenvalue weighted by Crippen LogP contribution is -2.37. The third-order valence-corrected chi connectivity index (χ3v) is 3.09. The van der Waals surface area contributed by atoms with Gasteiger partial charge in [0.2, 0.25) is 5.91 Å². The van der Waals surface area contributed by atoms with Gasteiger partial charge in [0, 0.05) is 18.8 Å². The SMILES string of the molecule is O=C(CS)NCCNC(=S)Nc1cc(C(=O)O)cc(C(=O)O)c1. The number of carbonyl (C=O) groups excluding carboxylic acids is 1. The largest absolute Gasteiger partial charge is 0.478 e. The van der Waals surface area contributed by atoms with Gasteiger partial charge in [0.25, 0.3) is 0 Å². The molecule has 124 valence electrons. The molecule has 0 radical (unpaired) electrons. The van der Waals surface area contributed by atoms with E-state index in [-0.39, 0.29) is 33.6 Å². The number of amides is 1. The highest BCUT2D eigenvalue weighted by molar-refractivity contribution is 7.81. The van der Waals surface area contributed by atoms with Gasteiger partial charge in [-0.3, -0.25) is 4.79 Å². The first-order chi connectivity index (χ1) is 10.8. The van der Waals surface area contributed by atoms with Crippen molar-refractivity contribution in [3.8, 4) is 0 Å². The lowest BCUT2D eigenvalue weighted by atomic mass is 10.1. The molecule has 0 atom stereocenters. The summed E-state index contributed by atoms with van der Waals surface area (Å²) in [6.07, 6.45) is 0. The average Bonchev–Trinajstić information content (AvgIpc) is 2.50. The fraction of sp³-hybridized carbons (Fsp3) is 0.231. The van der Waals surface area contributed by atoms with Crippen LogP contribution in [0.2, 0.25) is 0 Å². The topological polar surface area (TPSA) is 128 Å². The second-order valence-corrected chi connectivity index (χ2v) is 5.02. The van der Waals surface area contributed by atoms with Gasteiger partial charge in [-0.2, -0.15) is 12.6 Å². The molecule has 0 heterocycles. The smallest absolute Gasteiger partial charge is 0.335 e. The number of carbonyl (C=O) groups is 3. The average molecular weight is 357 g/mol. The van der Waals surface area contributed by atoms with Crippen molar-refractivity contribution in [2.45, 2.75) is 0 Å². The molecule has 0 fully saturated rings. The molecule has 10 heteroatoms. The van der Waals surface area contributed by atoms with Gasteiger partial charge >= 0.3 is 11.9 Å². The van der Waals surface area contributed by atoms with E-state index in [1.165, 1.54) is 12.1 Å². The number of nitrogens with one attached hydrogen (secondary N) is 3. The van der Waals surface area contributed by atoms with Gasteiger partial charge < -0.3 is 26.2 Å². The number of thiol groups is 1. The third-order valence-electron chi connectivity index (χ3n) is 2.56. The van der Waals surface area contributed by atoms with Crippen LogP contribution in [0.5, 0.6) is 0 Å². The molecule has 0 aromatic heterocycles. The molecule has 0 saturated heterocycles. The first-order valence-corrected chi connectivity index (χ1v) is 7.41. The monoisotopic (exact) mass is 357 g/mol. The number of carboxylic acids is 2. The van der Waals surface area contributed by atoms with Crippen molar-refractivity contribution in [2.75, 3.05) is 24.2 Å². The molecule has 23 heavy (non-hydrogen) atoms. The van der Waals surface area contributed by atoms with Crippen LogP contribution in [0.3, 0.4) is 0 Å². The zero-order chi connectivity index (χ0) is 17.4. The van der Waals surface area contributed by atoms with Crippen LogP contribution in [0.1, 0.15) is 20.7 Å². The van der Waals surface area contributed by atoms with Crippen molar-refractivity contribution in [3.63, 3.8) is 0 Å². The van der Waals surface area contributed by atoms with Crippen molar-refractivity contribution < 1.29 is 24.6 Å². The summed E-state index contributed by atoms with van der Waals surface area (Å²) < 4.78 is 0. The second-order valence-electron chi connectivity index (χ2n) is 4.30. The molecular weight excluding hydrogens is 342 g/mol. The number of aromatic carboxylic acids is 2. The number of carboxylic acid groups (broad SMARTS) is 2. The Morgan fingerprint density at radius 3 is 2.00 bits per heavy atom. The fourth-order valence-electron chi connectivity index (χ4n) is 1.56. The molecule has 0 aliphatic carbocycles. The van der Waals surface area contributed by atoms with Gasteiger partial charge in [0.1, 0.15) is 0 Å². The Hall–Kier alpha value is -2.33. The van der Waals surface area contributed by atoms with Crippen LogP contribution in [0, 0.1) is 0 Å². The first-order valence-electron chi connectivity index (χ1n) is 6.37. The van der Waals surface area contributed by atoms with Crippen molar-refractivity contribution in [2.24, 2.45) is 0 Å². The molecule has 1 aromatic carbocycles. The summed E-state index contributed by atoms with van der Waals surface area (Å²) in [5.41, 5.74) is -0.105. The summed E-state index contributed by atoms with van der Waals surface area (Å²) in [6.45, 7) is 0.673. The Kier molecular flexibility index (Phi) is 7.29. The molecule has 0 aliphatic heterocycles. The summed E-state index contributed by atoms with van der Waals surface area (Å²) in [7, 11) is 0. The summed E-state index contributed by atoms with van der Waals surface area (Å²) in [6, 6.07) is 3.59. The minimum Gasteiger partial charge on any atom is -0.478 e. The maximum absolute atomic E-state index is 11.0. The van der Waals surface area contributed by atoms with E-state index in [1.54, 1.807) is 0 Å². The lowest BCUT2D eigenvalue weighted by Gasteiger charge is -2.12. The van der Waals surface area contributed by atoms with E-state index >= 15 is 0 Å². The molecule has 0 aliphatic rings. The molecule has 0 spiro atoms.